The van der Waals surface area contributed by atoms with E-state index in [0.717, 1.165) is 11.3 Å². The van der Waals surface area contributed by atoms with Crippen molar-refractivity contribution in [3.05, 3.63) is 29.8 Å². The molecule has 1 amide bonds. The van der Waals surface area contributed by atoms with E-state index in [2.05, 4.69) is 5.32 Å². The van der Waals surface area contributed by atoms with Gasteiger partial charge in [-0.15, -0.1) is 0 Å². The fourth-order valence-corrected chi connectivity index (χ4v) is 1.55. The minimum absolute atomic E-state index is 0.0993. The molecule has 0 radical (unpaired) electrons. The molecule has 1 rings (SSSR count). The Morgan fingerprint density at radius 1 is 1.39 bits per heavy atom. The highest BCUT2D eigenvalue weighted by Gasteiger charge is 2.18. The molecule has 0 fully saturated rings. The van der Waals surface area contributed by atoms with Crippen LogP contribution in [-0.4, -0.2) is 32.3 Å². The largest absolute Gasteiger partial charge is 0.480 e. The molecule has 0 aliphatic heterocycles. The molecule has 0 aliphatic rings. The third-order valence-corrected chi connectivity index (χ3v) is 2.63. The molecule has 0 spiro atoms. The summed E-state index contributed by atoms with van der Waals surface area (Å²) in [6.45, 7) is 4.90. The average molecular weight is 251 g/mol. The molecule has 1 aromatic rings. The van der Waals surface area contributed by atoms with Gasteiger partial charge in [0.05, 0.1) is 6.61 Å². The van der Waals surface area contributed by atoms with Gasteiger partial charge in [-0.05, 0) is 25.0 Å². The summed E-state index contributed by atoms with van der Waals surface area (Å²) in [5.41, 5.74) is 1.03. The normalized spacial score (nSPS) is 11.9. The van der Waals surface area contributed by atoms with Crippen molar-refractivity contribution < 1.29 is 14.3 Å². The fourth-order valence-electron chi connectivity index (χ4n) is 1.55. The predicted molar refractivity (Wildman–Crippen MR) is 70.8 cm³/mol. The Balaban J connectivity index is 2.56. The van der Waals surface area contributed by atoms with Gasteiger partial charge < -0.3 is 14.8 Å². The van der Waals surface area contributed by atoms with E-state index in [0.29, 0.717) is 19.6 Å². The van der Waals surface area contributed by atoms with Crippen molar-refractivity contribution in [3.63, 3.8) is 0 Å². The number of hydrogen-bond donors (Lipinski definition) is 1. The molecular weight excluding hydrogens is 230 g/mol. The zero-order chi connectivity index (χ0) is 13.4. The first-order valence-electron chi connectivity index (χ1n) is 6.18. The topological polar surface area (TPSA) is 47.6 Å². The number of amides is 1. The van der Waals surface area contributed by atoms with Crippen molar-refractivity contribution >= 4 is 5.91 Å². The maximum absolute atomic E-state index is 11.9. The van der Waals surface area contributed by atoms with Crippen molar-refractivity contribution in [2.75, 3.05) is 20.3 Å². The van der Waals surface area contributed by atoms with Gasteiger partial charge in [0.15, 0.2) is 6.10 Å². The van der Waals surface area contributed by atoms with Crippen LogP contribution < -0.4 is 10.1 Å². The number of hydrogen-bond acceptors (Lipinski definition) is 3. The van der Waals surface area contributed by atoms with Crippen LogP contribution in [-0.2, 0) is 9.53 Å². The molecule has 0 heterocycles. The third kappa shape index (κ3) is 4.37. The molecule has 100 valence electrons. The highest BCUT2D eigenvalue weighted by atomic mass is 16.5. The van der Waals surface area contributed by atoms with Crippen molar-refractivity contribution in [3.8, 4) is 5.75 Å². The van der Waals surface area contributed by atoms with Crippen molar-refractivity contribution in [2.45, 2.75) is 26.4 Å². The zero-order valence-electron chi connectivity index (χ0n) is 11.2. The second kappa shape index (κ2) is 7.71. The van der Waals surface area contributed by atoms with Crippen LogP contribution in [0.3, 0.4) is 0 Å². The predicted octanol–water partition coefficient (Wildman–Crippen LogP) is 1.92. The summed E-state index contributed by atoms with van der Waals surface area (Å²) >= 11 is 0. The summed E-state index contributed by atoms with van der Waals surface area (Å²) in [6.07, 6.45) is 0.176. The highest BCUT2D eigenvalue weighted by Crippen LogP contribution is 2.18. The van der Waals surface area contributed by atoms with Crippen LogP contribution >= 0.6 is 0 Å². The average Bonchev–Trinajstić information content (AvgIpc) is 2.38. The molecule has 4 nitrogen and oxygen atoms in total. The van der Waals surface area contributed by atoms with Gasteiger partial charge in [0.25, 0.3) is 5.91 Å². The van der Waals surface area contributed by atoms with Gasteiger partial charge in [-0.3, -0.25) is 4.79 Å². The Labute approximate surface area is 108 Å². The molecule has 4 heteroatoms. The van der Waals surface area contributed by atoms with Gasteiger partial charge in [0.2, 0.25) is 0 Å². The molecule has 0 aliphatic carbocycles. The van der Waals surface area contributed by atoms with Crippen molar-refractivity contribution in [2.24, 2.45) is 0 Å². The van der Waals surface area contributed by atoms with Crippen molar-refractivity contribution in [1.82, 2.24) is 5.32 Å². The summed E-state index contributed by atoms with van der Waals surface area (Å²) in [5.74, 6) is 0.657. The lowest BCUT2D eigenvalue weighted by atomic mass is 10.2. The van der Waals surface area contributed by atoms with Gasteiger partial charge in [-0.1, -0.05) is 25.1 Å². The quantitative estimate of drug-likeness (QED) is 0.753. The van der Waals surface area contributed by atoms with E-state index >= 15 is 0 Å². The third-order valence-electron chi connectivity index (χ3n) is 2.63. The smallest absolute Gasteiger partial charge is 0.261 e. The summed E-state index contributed by atoms with van der Waals surface area (Å²) < 4.78 is 10.6. The standard InChI is InChI=1S/C14H21NO3/c1-4-12(14(16)15-9-10-17-3)18-13-8-6-5-7-11(13)2/h5-8,12H,4,9-10H2,1-3H3,(H,15,16)/t12-/m0/s1. The number of ether oxygens (including phenoxy) is 2. The summed E-state index contributed by atoms with van der Waals surface area (Å²) in [6, 6.07) is 7.69. The molecule has 0 aromatic heterocycles. The number of carbonyl (C=O) groups excluding carboxylic acids is 1. The van der Waals surface area contributed by atoms with E-state index in [4.69, 9.17) is 9.47 Å². The Morgan fingerprint density at radius 3 is 2.72 bits per heavy atom. The number of methoxy groups -OCH3 is 1. The Morgan fingerprint density at radius 2 is 2.11 bits per heavy atom. The van der Waals surface area contributed by atoms with Crippen molar-refractivity contribution in [1.29, 1.82) is 0 Å². The molecule has 1 atom stereocenters. The van der Waals surface area contributed by atoms with Crippen LogP contribution in [0.5, 0.6) is 5.75 Å². The van der Waals surface area contributed by atoms with E-state index < -0.39 is 6.10 Å². The first-order chi connectivity index (χ1) is 8.69. The van der Waals surface area contributed by atoms with Crippen LogP contribution in [0.2, 0.25) is 0 Å². The van der Waals surface area contributed by atoms with Crippen LogP contribution in [0.1, 0.15) is 18.9 Å². The number of rotatable bonds is 7. The lowest BCUT2D eigenvalue weighted by Crippen LogP contribution is -2.39. The SMILES string of the molecule is CC[C@H](Oc1ccccc1C)C(=O)NCCOC. The van der Waals surface area contributed by atoms with Gasteiger partial charge in [-0.25, -0.2) is 0 Å². The molecular formula is C14H21NO3. The first-order valence-corrected chi connectivity index (χ1v) is 6.18. The molecule has 0 saturated heterocycles. The minimum Gasteiger partial charge on any atom is -0.480 e. The number of nitrogens with one attached hydrogen (secondary N) is 1. The molecule has 0 saturated carbocycles. The fraction of sp³-hybridized carbons (Fsp3) is 0.500. The van der Waals surface area contributed by atoms with E-state index in [1.54, 1.807) is 7.11 Å². The Kier molecular flexibility index (Phi) is 6.22. The van der Waals surface area contributed by atoms with E-state index in [-0.39, 0.29) is 5.91 Å². The number of para-hydroxylation sites is 1. The van der Waals surface area contributed by atoms with Gasteiger partial charge in [-0.2, -0.15) is 0 Å². The highest BCUT2D eigenvalue weighted by molar-refractivity contribution is 5.81. The maximum Gasteiger partial charge on any atom is 0.261 e. The van der Waals surface area contributed by atoms with Gasteiger partial charge in [0, 0.05) is 13.7 Å². The molecule has 0 bridgehead atoms. The van der Waals surface area contributed by atoms with Crippen LogP contribution in [0, 0.1) is 6.92 Å². The number of benzene rings is 1. The van der Waals surface area contributed by atoms with Crippen LogP contribution in [0.15, 0.2) is 24.3 Å². The zero-order valence-corrected chi connectivity index (χ0v) is 11.2. The number of carbonyl (C=O) groups is 1. The summed E-state index contributed by atoms with van der Waals surface area (Å²) in [5, 5.41) is 2.79. The van der Waals surface area contributed by atoms with Gasteiger partial charge >= 0.3 is 0 Å². The lowest BCUT2D eigenvalue weighted by Gasteiger charge is -2.18. The van der Waals surface area contributed by atoms with Crippen LogP contribution in [0.4, 0.5) is 0 Å². The maximum atomic E-state index is 11.9. The molecule has 1 aromatic carbocycles. The molecule has 0 unspecified atom stereocenters. The van der Waals surface area contributed by atoms with E-state index in [9.17, 15) is 4.79 Å². The summed E-state index contributed by atoms with van der Waals surface area (Å²) in [7, 11) is 1.60. The number of aryl methyl sites for hydroxylation is 1. The Bertz CT molecular complexity index is 379. The lowest BCUT2D eigenvalue weighted by molar-refractivity contribution is -0.128. The molecule has 1 N–H and O–H groups in total. The van der Waals surface area contributed by atoms with Gasteiger partial charge in [0.1, 0.15) is 5.75 Å². The van der Waals surface area contributed by atoms with Crippen LogP contribution in [0.25, 0.3) is 0 Å². The van der Waals surface area contributed by atoms with E-state index in [1.165, 1.54) is 0 Å². The second-order valence-corrected chi connectivity index (χ2v) is 4.06. The monoisotopic (exact) mass is 251 g/mol. The first kappa shape index (κ1) is 14.5. The molecule has 18 heavy (non-hydrogen) atoms. The Hall–Kier alpha value is -1.55. The second-order valence-electron chi connectivity index (χ2n) is 4.06. The minimum atomic E-state index is -0.456. The van der Waals surface area contributed by atoms with E-state index in [1.807, 2.05) is 38.1 Å². The summed E-state index contributed by atoms with van der Waals surface area (Å²) in [4.78, 5) is 11.9.